The van der Waals surface area contributed by atoms with Crippen molar-refractivity contribution in [2.75, 3.05) is 0 Å². The predicted molar refractivity (Wildman–Crippen MR) is 65.6 cm³/mol. The molecule has 2 aliphatic rings. The Hall–Kier alpha value is -0.980. The summed E-state index contributed by atoms with van der Waals surface area (Å²) in [7, 11) is 0. The Morgan fingerprint density at radius 3 is 2.50 bits per heavy atom. The van der Waals surface area contributed by atoms with Gasteiger partial charge in [-0.1, -0.05) is 19.1 Å². The quantitative estimate of drug-likeness (QED) is 0.756. The van der Waals surface area contributed by atoms with Gasteiger partial charge in [-0.25, -0.2) is 0 Å². The van der Waals surface area contributed by atoms with Crippen LogP contribution < -0.4 is 0 Å². The number of aromatic hydroxyl groups is 1. The number of fused-ring (bicyclic) bond motifs is 2. The lowest BCUT2D eigenvalue weighted by Gasteiger charge is -2.26. The molecule has 2 saturated carbocycles. The van der Waals surface area contributed by atoms with Crippen molar-refractivity contribution in [3.05, 3.63) is 29.3 Å². The number of phenolic OH excluding ortho intramolecular Hbond substituents is 1. The first-order valence-corrected chi connectivity index (χ1v) is 6.44. The first-order valence-electron chi connectivity index (χ1n) is 6.44. The van der Waals surface area contributed by atoms with Gasteiger partial charge in [0.2, 0.25) is 0 Å². The molecule has 1 nitrogen and oxygen atoms in total. The summed E-state index contributed by atoms with van der Waals surface area (Å²) in [5.74, 6) is 4.01. The van der Waals surface area contributed by atoms with E-state index in [9.17, 15) is 5.11 Å². The van der Waals surface area contributed by atoms with Crippen LogP contribution in [0.3, 0.4) is 0 Å². The topological polar surface area (TPSA) is 20.2 Å². The van der Waals surface area contributed by atoms with E-state index in [-0.39, 0.29) is 0 Å². The van der Waals surface area contributed by atoms with E-state index in [1.165, 1.54) is 24.8 Å². The van der Waals surface area contributed by atoms with Crippen LogP contribution in [0.4, 0.5) is 0 Å². The first kappa shape index (κ1) is 10.2. The molecule has 2 fully saturated rings. The van der Waals surface area contributed by atoms with E-state index in [2.05, 4.69) is 19.1 Å². The third kappa shape index (κ3) is 1.45. The van der Waals surface area contributed by atoms with Crippen LogP contribution in [0.25, 0.3) is 0 Å². The van der Waals surface area contributed by atoms with E-state index in [4.69, 9.17) is 0 Å². The summed E-state index contributed by atoms with van der Waals surface area (Å²) >= 11 is 0. The zero-order chi connectivity index (χ0) is 11.3. The van der Waals surface area contributed by atoms with Gasteiger partial charge >= 0.3 is 0 Å². The number of hydrogen-bond acceptors (Lipinski definition) is 1. The maximum absolute atomic E-state index is 9.56. The maximum Gasteiger partial charge on any atom is 0.118 e. The van der Waals surface area contributed by atoms with Gasteiger partial charge in [0.25, 0.3) is 0 Å². The average molecular weight is 216 g/mol. The van der Waals surface area contributed by atoms with Crippen molar-refractivity contribution < 1.29 is 5.11 Å². The summed E-state index contributed by atoms with van der Waals surface area (Å²) in [5, 5.41) is 9.56. The molecule has 0 spiro atoms. The second-order valence-electron chi connectivity index (χ2n) is 5.86. The average Bonchev–Trinajstić information content (AvgIpc) is 2.80. The second-order valence-corrected chi connectivity index (χ2v) is 5.86. The molecule has 1 aromatic carbocycles. The Balaban J connectivity index is 1.87. The number of aryl methyl sites for hydroxylation is 1. The van der Waals surface area contributed by atoms with E-state index >= 15 is 0 Å². The van der Waals surface area contributed by atoms with Gasteiger partial charge in [-0.3, -0.25) is 0 Å². The second kappa shape index (κ2) is 3.51. The Morgan fingerprint density at radius 2 is 1.94 bits per heavy atom. The van der Waals surface area contributed by atoms with Gasteiger partial charge in [-0.2, -0.15) is 0 Å². The summed E-state index contributed by atoms with van der Waals surface area (Å²) < 4.78 is 0. The zero-order valence-corrected chi connectivity index (χ0v) is 10.1. The van der Waals surface area contributed by atoms with Crippen LogP contribution in [0.1, 0.15) is 43.2 Å². The Bertz CT molecular complexity index is 408. The highest BCUT2D eigenvalue weighted by molar-refractivity contribution is 5.37. The summed E-state index contributed by atoms with van der Waals surface area (Å²) in [6.07, 6.45) is 4.22. The standard InChI is InChI=1S/C15H20O/c1-9-5-13-7-12(9)8-14(13)11-3-4-15(16)10(2)6-11/h3-4,6,9,12-14,16H,5,7-8H2,1-2H3. The molecule has 16 heavy (non-hydrogen) atoms. The molecule has 4 unspecified atom stereocenters. The van der Waals surface area contributed by atoms with Crippen LogP contribution in [0.15, 0.2) is 18.2 Å². The molecule has 3 rings (SSSR count). The number of benzene rings is 1. The van der Waals surface area contributed by atoms with Crippen molar-refractivity contribution in [2.45, 2.75) is 39.0 Å². The van der Waals surface area contributed by atoms with Gasteiger partial charge in [0.15, 0.2) is 0 Å². The molecule has 1 aromatic rings. The van der Waals surface area contributed by atoms with Crippen molar-refractivity contribution >= 4 is 0 Å². The van der Waals surface area contributed by atoms with Gasteiger partial charge in [0, 0.05) is 0 Å². The zero-order valence-electron chi connectivity index (χ0n) is 10.1. The lowest BCUT2D eigenvalue weighted by atomic mass is 9.79. The monoisotopic (exact) mass is 216 g/mol. The van der Waals surface area contributed by atoms with Crippen molar-refractivity contribution in [3.63, 3.8) is 0 Å². The van der Waals surface area contributed by atoms with Crippen molar-refractivity contribution in [1.29, 1.82) is 0 Å². The highest BCUT2D eigenvalue weighted by atomic mass is 16.3. The normalized spacial score (nSPS) is 36.9. The molecule has 1 heteroatoms. The predicted octanol–water partition coefficient (Wildman–Crippen LogP) is 3.85. The smallest absolute Gasteiger partial charge is 0.118 e. The Kier molecular flexibility index (Phi) is 2.24. The molecular weight excluding hydrogens is 196 g/mol. The highest BCUT2D eigenvalue weighted by Gasteiger charge is 2.44. The van der Waals surface area contributed by atoms with E-state index < -0.39 is 0 Å². The van der Waals surface area contributed by atoms with Crippen LogP contribution >= 0.6 is 0 Å². The number of rotatable bonds is 1. The molecule has 0 saturated heterocycles. The van der Waals surface area contributed by atoms with Crippen LogP contribution in [-0.2, 0) is 0 Å². The number of phenols is 1. The molecule has 86 valence electrons. The summed E-state index contributed by atoms with van der Waals surface area (Å²) in [4.78, 5) is 0. The largest absolute Gasteiger partial charge is 0.508 e. The molecule has 0 aromatic heterocycles. The minimum Gasteiger partial charge on any atom is -0.508 e. The molecule has 4 atom stereocenters. The van der Waals surface area contributed by atoms with E-state index in [1.54, 1.807) is 0 Å². The molecule has 1 N–H and O–H groups in total. The summed E-state index contributed by atoms with van der Waals surface area (Å²) in [6.45, 7) is 4.40. The van der Waals surface area contributed by atoms with Crippen molar-refractivity contribution in [3.8, 4) is 5.75 Å². The summed E-state index contributed by atoms with van der Waals surface area (Å²) in [6, 6.07) is 6.17. The number of hydrogen-bond donors (Lipinski definition) is 1. The fraction of sp³-hybridized carbons (Fsp3) is 0.600. The van der Waals surface area contributed by atoms with E-state index in [1.807, 2.05) is 13.0 Å². The van der Waals surface area contributed by atoms with Crippen LogP contribution in [-0.4, -0.2) is 5.11 Å². The molecule has 0 amide bonds. The van der Waals surface area contributed by atoms with Gasteiger partial charge < -0.3 is 5.11 Å². The van der Waals surface area contributed by atoms with Crippen molar-refractivity contribution in [2.24, 2.45) is 17.8 Å². The fourth-order valence-electron chi connectivity index (χ4n) is 3.88. The minimum absolute atomic E-state index is 0.431. The molecule has 0 radical (unpaired) electrons. The van der Waals surface area contributed by atoms with Gasteiger partial charge in [0.1, 0.15) is 5.75 Å². The summed E-state index contributed by atoms with van der Waals surface area (Å²) in [5.41, 5.74) is 2.48. The Morgan fingerprint density at radius 1 is 1.12 bits per heavy atom. The van der Waals surface area contributed by atoms with Crippen LogP contribution in [0, 0.1) is 24.7 Å². The van der Waals surface area contributed by atoms with E-state index in [0.29, 0.717) is 5.75 Å². The molecule has 0 heterocycles. The maximum atomic E-state index is 9.56. The highest BCUT2D eigenvalue weighted by Crippen LogP contribution is 2.55. The lowest BCUT2D eigenvalue weighted by molar-refractivity contribution is 0.327. The molecule has 0 aliphatic heterocycles. The van der Waals surface area contributed by atoms with Crippen molar-refractivity contribution in [1.82, 2.24) is 0 Å². The van der Waals surface area contributed by atoms with Gasteiger partial charge in [0.05, 0.1) is 0 Å². The van der Waals surface area contributed by atoms with Gasteiger partial charge in [-0.05, 0) is 67.1 Å². The van der Waals surface area contributed by atoms with E-state index in [0.717, 1.165) is 29.2 Å². The third-order valence-corrected chi connectivity index (χ3v) is 4.86. The molecule has 2 aliphatic carbocycles. The van der Waals surface area contributed by atoms with Crippen LogP contribution in [0.5, 0.6) is 5.75 Å². The lowest BCUT2D eigenvalue weighted by Crippen LogP contribution is -2.14. The molecular formula is C15H20O. The third-order valence-electron chi connectivity index (χ3n) is 4.86. The first-order chi connectivity index (χ1) is 7.65. The minimum atomic E-state index is 0.431. The van der Waals surface area contributed by atoms with Gasteiger partial charge in [-0.15, -0.1) is 0 Å². The Labute approximate surface area is 97.5 Å². The SMILES string of the molecule is Cc1cc(C2CC3CC2CC3C)ccc1O. The molecule has 2 bridgehead atoms. The van der Waals surface area contributed by atoms with Crippen LogP contribution in [0.2, 0.25) is 0 Å². The fourth-order valence-corrected chi connectivity index (χ4v) is 3.88.